The average molecular weight is 243 g/mol. The zero-order valence-corrected chi connectivity index (χ0v) is 10.2. The van der Waals surface area contributed by atoms with E-state index in [-0.39, 0.29) is 0 Å². The summed E-state index contributed by atoms with van der Waals surface area (Å²) >= 11 is 0. The van der Waals surface area contributed by atoms with E-state index in [0.717, 1.165) is 17.0 Å². The van der Waals surface area contributed by atoms with Gasteiger partial charge in [-0.05, 0) is 24.3 Å². The van der Waals surface area contributed by atoms with Crippen LogP contribution in [0.25, 0.3) is 11.3 Å². The summed E-state index contributed by atoms with van der Waals surface area (Å²) in [6.45, 7) is 0. The summed E-state index contributed by atoms with van der Waals surface area (Å²) in [5.41, 5.74) is 2.06. The molecule has 4 heteroatoms. The van der Waals surface area contributed by atoms with Crippen molar-refractivity contribution in [1.82, 2.24) is 4.98 Å². The number of hydrogen-bond acceptors (Lipinski definition) is 4. The number of benzene rings is 1. The average Bonchev–Trinajstić information content (AvgIpc) is 2.46. The molecule has 1 aromatic carbocycles. The molecular weight excluding hydrogens is 230 g/mol. The lowest BCUT2D eigenvalue weighted by Crippen LogP contribution is -2.01. The third-order valence-corrected chi connectivity index (χ3v) is 2.57. The fraction of sp³-hybridized carbons (Fsp3) is 0.143. The molecule has 0 unspecified atom stereocenters. The van der Waals surface area contributed by atoms with Crippen LogP contribution >= 0.6 is 0 Å². The molecule has 0 atom stereocenters. The van der Waals surface area contributed by atoms with Gasteiger partial charge in [0.1, 0.15) is 5.75 Å². The number of para-hydroxylation sites is 1. The molecule has 0 aliphatic carbocycles. The normalized spacial score (nSPS) is 9.89. The first-order valence-corrected chi connectivity index (χ1v) is 5.44. The Kier molecular flexibility index (Phi) is 3.57. The van der Waals surface area contributed by atoms with Crippen LogP contribution < -0.4 is 4.74 Å². The molecule has 0 saturated carbocycles. The monoisotopic (exact) mass is 243 g/mol. The minimum atomic E-state index is -0.394. The first-order chi connectivity index (χ1) is 8.76. The van der Waals surface area contributed by atoms with Crippen molar-refractivity contribution in [2.75, 3.05) is 14.2 Å². The van der Waals surface area contributed by atoms with Crippen molar-refractivity contribution in [3.05, 3.63) is 48.2 Å². The Bertz CT molecular complexity index is 549. The van der Waals surface area contributed by atoms with Gasteiger partial charge in [0, 0.05) is 11.8 Å². The van der Waals surface area contributed by atoms with Gasteiger partial charge in [-0.3, -0.25) is 4.98 Å². The first-order valence-electron chi connectivity index (χ1n) is 5.44. The summed E-state index contributed by atoms with van der Waals surface area (Å²) in [6, 6.07) is 11.0. The van der Waals surface area contributed by atoms with Crippen molar-refractivity contribution in [2.45, 2.75) is 0 Å². The van der Waals surface area contributed by atoms with Gasteiger partial charge in [0.2, 0.25) is 0 Å². The number of nitrogens with zero attached hydrogens (tertiary/aromatic N) is 1. The van der Waals surface area contributed by atoms with Gasteiger partial charge >= 0.3 is 5.97 Å². The lowest BCUT2D eigenvalue weighted by molar-refractivity contribution is 0.0600. The Labute approximate surface area is 105 Å². The van der Waals surface area contributed by atoms with Crippen LogP contribution in [0.2, 0.25) is 0 Å². The second-order valence-corrected chi connectivity index (χ2v) is 3.62. The molecular formula is C14H13NO3. The largest absolute Gasteiger partial charge is 0.496 e. The van der Waals surface area contributed by atoms with Crippen LogP contribution in [-0.4, -0.2) is 25.2 Å². The van der Waals surface area contributed by atoms with Crippen LogP contribution in [-0.2, 0) is 4.74 Å². The van der Waals surface area contributed by atoms with Crippen molar-refractivity contribution in [3.8, 4) is 17.0 Å². The molecule has 0 aliphatic rings. The van der Waals surface area contributed by atoms with Gasteiger partial charge in [-0.25, -0.2) is 4.79 Å². The smallest absolute Gasteiger partial charge is 0.339 e. The van der Waals surface area contributed by atoms with E-state index in [1.54, 1.807) is 19.2 Å². The second kappa shape index (κ2) is 5.31. The van der Waals surface area contributed by atoms with Crippen LogP contribution in [0, 0.1) is 0 Å². The van der Waals surface area contributed by atoms with E-state index in [2.05, 4.69) is 9.72 Å². The first kappa shape index (κ1) is 12.1. The fourth-order valence-corrected chi connectivity index (χ4v) is 1.65. The second-order valence-electron chi connectivity index (χ2n) is 3.62. The van der Waals surface area contributed by atoms with E-state index in [4.69, 9.17) is 4.74 Å². The molecule has 1 aromatic heterocycles. The summed E-state index contributed by atoms with van der Waals surface area (Å²) in [7, 11) is 2.96. The predicted octanol–water partition coefficient (Wildman–Crippen LogP) is 2.54. The van der Waals surface area contributed by atoms with Gasteiger partial charge in [0.15, 0.2) is 0 Å². The van der Waals surface area contributed by atoms with E-state index >= 15 is 0 Å². The van der Waals surface area contributed by atoms with Gasteiger partial charge in [-0.15, -0.1) is 0 Å². The summed E-state index contributed by atoms with van der Waals surface area (Å²) in [4.78, 5) is 15.5. The summed E-state index contributed by atoms with van der Waals surface area (Å²) in [5, 5.41) is 0. The number of ether oxygens (including phenoxy) is 2. The Balaban J connectivity index is 2.37. The Morgan fingerprint density at radius 2 is 1.89 bits per heavy atom. The van der Waals surface area contributed by atoms with Gasteiger partial charge in [-0.2, -0.15) is 0 Å². The molecule has 0 amide bonds. The lowest BCUT2D eigenvalue weighted by Gasteiger charge is -2.07. The predicted molar refractivity (Wildman–Crippen MR) is 67.6 cm³/mol. The minimum Gasteiger partial charge on any atom is -0.496 e. The van der Waals surface area contributed by atoms with Gasteiger partial charge in [0.25, 0.3) is 0 Å². The van der Waals surface area contributed by atoms with Crippen LogP contribution in [0.15, 0.2) is 42.6 Å². The zero-order valence-electron chi connectivity index (χ0n) is 10.2. The van der Waals surface area contributed by atoms with Crippen molar-refractivity contribution < 1.29 is 14.3 Å². The number of pyridine rings is 1. The highest BCUT2D eigenvalue weighted by atomic mass is 16.5. The third kappa shape index (κ3) is 2.32. The third-order valence-electron chi connectivity index (χ3n) is 2.57. The quantitative estimate of drug-likeness (QED) is 0.777. The zero-order chi connectivity index (χ0) is 13.0. The lowest BCUT2D eigenvalue weighted by atomic mass is 10.1. The van der Waals surface area contributed by atoms with Crippen LogP contribution in [0.3, 0.4) is 0 Å². The van der Waals surface area contributed by atoms with E-state index in [1.165, 1.54) is 13.3 Å². The molecule has 1 heterocycles. The number of esters is 1. The Morgan fingerprint density at radius 1 is 1.11 bits per heavy atom. The van der Waals surface area contributed by atoms with Crippen molar-refractivity contribution in [3.63, 3.8) is 0 Å². The van der Waals surface area contributed by atoms with Crippen molar-refractivity contribution in [2.24, 2.45) is 0 Å². The van der Waals surface area contributed by atoms with Gasteiger partial charge in [-0.1, -0.05) is 12.1 Å². The highest BCUT2D eigenvalue weighted by Crippen LogP contribution is 2.27. The van der Waals surface area contributed by atoms with Crippen molar-refractivity contribution >= 4 is 5.97 Å². The van der Waals surface area contributed by atoms with E-state index in [1.807, 2.05) is 24.3 Å². The molecule has 0 spiro atoms. The van der Waals surface area contributed by atoms with Crippen LogP contribution in [0.5, 0.6) is 5.75 Å². The Morgan fingerprint density at radius 3 is 2.50 bits per heavy atom. The standard InChI is InChI=1S/C14H13NO3/c1-17-13-6-4-3-5-11(13)12-8-7-10(9-15-12)14(16)18-2/h3-9H,1-2H3. The number of methoxy groups -OCH3 is 2. The maximum atomic E-state index is 11.3. The summed E-state index contributed by atoms with van der Waals surface area (Å²) in [6.07, 6.45) is 1.49. The Hall–Kier alpha value is -2.36. The maximum absolute atomic E-state index is 11.3. The van der Waals surface area contributed by atoms with Crippen LogP contribution in [0.1, 0.15) is 10.4 Å². The molecule has 4 nitrogen and oxygen atoms in total. The number of hydrogen-bond donors (Lipinski definition) is 0. The molecule has 2 rings (SSSR count). The van der Waals surface area contributed by atoms with E-state index < -0.39 is 5.97 Å². The van der Waals surface area contributed by atoms with Crippen molar-refractivity contribution in [1.29, 1.82) is 0 Å². The summed E-state index contributed by atoms with van der Waals surface area (Å²) < 4.78 is 9.89. The minimum absolute atomic E-state index is 0.394. The number of rotatable bonds is 3. The molecule has 2 aromatic rings. The highest BCUT2D eigenvalue weighted by Gasteiger charge is 2.09. The fourth-order valence-electron chi connectivity index (χ4n) is 1.65. The van der Waals surface area contributed by atoms with E-state index in [9.17, 15) is 4.79 Å². The number of carbonyl (C=O) groups excluding carboxylic acids is 1. The van der Waals surface area contributed by atoms with Crippen LogP contribution in [0.4, 0.5) is 0 Å². The topological polar surface area (TPSA) is 48.4 Å². The highest BCUT2D eigenvalue weighted by molar-refractivity contribution is 5.89. The molecule has 0 radical (unpaired) electrons. The van der Waals surface area contributed by atoms with Gasteiger partial charge in [0.05, 0.1) is 25.5 Å². The molecule has 0 saturated heterocycles. The molecule has 0 aliphatic heterocycles. The van der Waals surface area contributed by atoms with E-state index in [0.29, 0.717) is 5.56 Å². The molecule has 18 heavy (non-hydrogen) atoms. The molecule has 92 valence electrons. The molecule has 0 bridgehead atoms. The maximum Gasteiger partial charge on any atom is 0.339 e. The molecule has 0 N–H and O–H groups in total. The summed E-state index contributed by atoms with van der Waals surface area (Å²) in [5.74, 6) is 0.352. The SMILES string of the molecule is COC(=O)c1ccc(-c2ccccc2OC)nc1. The van der Waals surface area contributed by atoms with Gasteiger partial charge < -0.3 is 9.47 Å². The molecule has 0 fully saturated rings. The number of carbonyl (C=O) groups is 1. The number of aromatic nitrogens is 1.